The van der Waals surface area contributed by atoms with Crippen LogP contribution in [0.4, 0.5) is 0 Å². The van der Waals surface area contributed by atoms with Crippen molar-refractivity contribution in [3.05, 3.63) is 23.3 Å². The molecule has 0 unspecified atom stereocenters. The van der Waals surface area contributed by atoms with Crippen molar-refractivity contribution in [1.82, 2.24) is 0 Å². The zero-order chi connectivity index (χ0) is 11.8. The molecule has 0 amide bonds. The molecule has 1 heterocycles. The molecule has 1 aliphatic heterocycles. The molecular formula is C13H15NO2. The fourth-order valence-corrected chi connectivity index (χ4v) is 1.91. The lowest BCUT2D eigenvalue weighted by Gasteiger charge is -2.22. The molecule has 0 saturated heterocycles. The van der Waals surface area contributed by atoms with Crippen molar-refractivity contribution < 1.29 is 9.47 Å². The normalized spacial score (nSPS) is 13.6. The second-order valence-corrected chi connectivity index (χ2v) is 4.95. The summed E-state index contributed by atoms with van der Waals surface area (Å²) in [6.07, 6.45) is 0.406. The van der Waals surface area contributed by atoms with Gasteiger partial charge in [0.05, 0.1) is 12.5 Å². The fraction of sp³-hybridized carbons (Fsp3) is 0.462. The van der Waals surface area contributed by atoms with Gasteiger partial charge >= 0.3 is 0 Å². The molecule has 3 heteroatoms. The number of nitriles is 1. The first kappa shape index (κ1) is 10.8. The fourth-order valence-electron chi connectivity index (χ4n) is 1.91. The summed E-state index contributed by atoms with van der Waals surface area (Å²) < 4.78 is 10.7. The summed E-state index contributed by atoms with van der Waals surface area (Å²) in [5.41, 5.74) is 2.19. The van der Waals surface area contributed by atoms with E-state index in [0.717, 1.165) is 22.6 Å². The van der Waals surface area contributed by atoms with Crippen LogP contribution in [0, 0.1) is 11.3 Å². The van der Waals surface area contributed by atoms with Crippen LogP contribution in [0.5, 0.6) is 11.5 Å². The van der Waals surface area contributed by atoms with Gasteiger partial charge in [-0.2, -0.15) is 5.26 Å². The lowest BCUT2D eigenvalue weighted by atomic mass is 9.83. The van der Waals surface area contributed by atoms with E-state index < -0.39 is 0 Å². The summed E-state index contributed by atoms with van der Waals surface area (Å²) >= 11 is 0. The van der Waals surface area contributed by atoms with Crippen LogP contribution < -0.4 is 9.47 Å². The van der Waals surface area contributed by atoms with E-state index in [2.05, 4.69) is 26.8 Å². The molecule has 3 nitrogen and oxygen atoms in total. The molecule has 0 aliphatic carbocycles. The third-order valence-electron chi connectivity index (χ3n) is 2.68. The van der Waals surface area contributed by atoms with Crippen LogP contribution in [0.2, 0.25) is 0 Å². The summed E-state index contributed by atoms with van der Waals surface area (Å²) in [6, 6.07) is 6.11. The third kappa shape index (κ3) is 1.83. The van der Waals surface area contributed by atoms with Crippen LogP contribution in [0.15, 0.2) is 12.1 Å². The van der Waals surface area contributed by atoms with Gasteiger partial charge in [0, 0.05) is 0 Å². The molecular weight excluding hydrogens is 202 g/mol. The van der Waals surface area contributed by atoms with Crippen LogP contribution in [0.25, 0.3) is 0 Å². The number of benzene rings is 1. The first-order valence-corrected chi connectivity index (χ1v) is 5.32. The number of rotatable bonds is 1. The Morgan fingerprint density at radius 2 is 1.88 bits per heavy atom. The average molecular weight is 217 g/mol. The van der Waals surface area contributed by atoms with E-state index >= 15 is 0 Å². The Labute approximate surface area is 95.6 Å². The molecule has 84 valence electrons. The van der Waals surface area contributed by atoms with Crippen molar-refractivity contribution in [2.24, 2.45) is 0 Å². The maximum atomic E-state index is 8.84. The molecule has 0 atom stereocenters. The maximum Gasteiger partial charge on any atom is 0.231 e. The number of fused-ring (bicyclic) bond motifs is 1. The smallest absolute Gasteiger partial charge is 0.231 e. The van der Waals surface area contributed by atoms with Gasteiger partial charge in [-0.25, -0.2) is 0 Å². The summed E-state index contributed by atoms with van der Waals surface area (Å²) in [4.78, 5) is 0. The van der Waals surface area contributed by atoms with Crippen LogP contribution in [0.1, 0.15) is 31.9 Å². The summed E-state index contributed by atoms with van der Waals surface area (Å²) in [5, 5.41) is 8.84. The molecule has 1 aliphatic rings. The molecule has 16 heavy (non-hydrogen) atoms. The second kappa shape index (κ2) is 3.71. The van der Waals surface area contributed by atoms with Crippen molar-refractivity contribution in [3.8, 4) is 17.6 Å². The van der Waals surface area contributed by atoms with Gasteiger partial charge in [-0.1, -0.05) is 20.8 Å². The zero-order valence-corrected chi connectivity index (χ0v) is 9.83. The van der Waals surface area contributed by atoms with Gasteiger partial charge in [-0.3, -0.25) is 0 Å². The van der Waals surface area contributed by atoms with E-state index in [1.807, 2.05) is 12.1 Å². The summed E-state index contributed by atoms with van der Waals surface area (Å²) in [7, 11) is 0. The standard InChI is InChI=1S/C13H15NO2/c1-13(2,3)10-7-12-11(15-8-16-12)6-9(10)4-5-14/h6-7H,4,8H2,1-3H3. The molecule has 2 rings (SSSR count). The highest BCUT2D eigenvalue weighted by Crippen LogP contribution is 2.39. The van der Waals surface area contributed by atoms with E-state index in [1.54, 1.807) is 0 Å². The minimum Gasteiger partial charge on any atom is -0.454 e. The molecule has 0 radical (unpaired) electrons. The number of hydrogen-bond donors (Lipinski definition) is 0. The van der Waals surface area contributed by atoms with Gasteiger partial charge in [-0.05, 0) is 28.7 Å². The summed E-state index contributed by atoms with van der Waals surface area (Å²) in [5.74, 6) is 1.53. The van der Waals surface area contributed by atoms with Gasteiger partial charge in [0.1, 0.15) is 0 Å². The molecule has 0 bridgehead atoms. The van der Waals surface area contributed by atoms with Crippen LogP contribution in [0.3, 0.4) is 0 Å². The van der Waals surface area contributed by atoms with E-state index in [9.17, 15) is 0 Å². The number of hydrogen-bond acceptors (Lipinski definition) is 3. The Morgan fingerprint density at radius 3 is 2.44 bits per heavy atom. The Kier molecular flexibility index (Phi) is 2.51. The largest absolute Gasteiger partial charge is 0.454 e. The first-order chi connectivity index (χ1) is 7.52. The van der Waals surface area contributed by atoms with E-state index in [1.165, 1.54) is 0 Å². The Balaban J connectivity index is 2.54. The third-order valence-corrected chi connectivity index (χ3v) is 2.68. The average Bonchev–Trinajstić information content (AvgIpc) is 2.62. The highest BCUT2D eigenvalue weighted by molar-refractivity contribution is 5.51. The van der Waals surface area contributed by atoms with Crippen LogP contribution in [-0.2, 0) is 11.8 Å². The quantitative estimate of drug-likeness (QED) is 0.726. The van der Waals surface area contributed by atoms with Gasteiger partial charge < -0.3 is 9.47 Å². The van der Waals surface area contributed by atoms with E-state index in [-0.39, 0.29) is 12.2 Å². The maximum absolute atomic E-state index is 8.84. The SMILES string of the molecule is CC(C)(C)c1cc2c(cc1CC#N)OCO2. The van der Waals surface area contributed by atoms with E-state index in [4.69, 9.17) is 14.7 Å². The minimum absolute atomic E-state index is 0.00711. The highest BCUT2D eigenvalue weighted by Gasteiger charge is 2.23. The van der Waals surface area contributed by atoms with Crippen molar-refractivity contribution in [3.63, 3.8) is 0 Å². The van der Waals surface area contributed by atoms with Gasteiger partial charge in [0.15, 0.2) is 11.5 Å². The second-order valence-electron chi connectivity index (χ2n) is 4.95. The van der Waals surface area contributed by atoms with Crippen LogP contribution in [-0.4, -0.2) is 6.79 Å². The summed E-state index contributed by atoms with van der Waals surface area (Å²) in [6.45, 7) is 6.66. The molecule has 0 saturated carbocycles. The van der Waals surface area contributed by atoms with Crippen molar-refractivity contribution in [2.75, 3.05) is 6.79 Å². The Bertz CT molecular complexity index is 452. The molecule has 0 aromatic heterocycles. The highest BCUT2D eigenvalue weighted by atomic mass is 16.7. The number of nitrogens with zero attached hydrogens (tertiary/aromatic N) is 1. The van der Waals surface area contributed by atoms with E-state index in [0.29, 0.717) is 6.42 Å². The van der Waals surface area contributed by atoms with Gasteiger partial charge in [-0.15, -0.1) is 0 Å². The first-order valence-electron chi connectivity index (χ1n) is 5.32. The monoisotopic (exact) mass is 217 g/mol. The van der Waals surface area contributed by atoms with Gasteiger partial charge in [0.25, 0.3) is 0 Å². The van der Waals surface area contributed by atoms with Crippen LogP contribution >= 0.6 is 0 Å². The zero-order valence-electron chi connectivity index (χ0n) is 9.83. The van der Waals surface area contributed by atoms with Gasteiger partial charge in [0.2, 0.25) is 6.79 Å². The molecule has 1 aromatic carbocycles. The lowest BCUT2D eigenvalue weighted by molar-refractivity contribution is 0.174. The van der Waals surface area contributed by atoms with Crippen molar-refractivity contribution in [2.45, 2.75) is 32.6 Å². The predicted molar refractivity (Wildman–Crippen MR) is 60.6 cm³/mol. The molecule has 0 N–H and O–H groups in total. The Hall–Kier alpha value is -1.69. The topological polar surface area (TPSA) is 42.2 Å². The molecule has 0 fully saturated rings. The van der Waals surface area contributed by atoms with Crippen molar-refractivity contribution in [1.29, 1.82) is 5.26 Å². The van der Waals surface area contributed by atoms with Crippen molar-refractivity contribution >= 4 is 0 Å². The molecule has 1 aromatic rings. The predicted octanol–water partition coefficient (Wildman–Crippen LogP) is 2.78. The molecule has 0 spiro atoms. The minimum atomic E-state index is 0.00711. The lowest BCUT2D eigenvalue weighted by Crippen LogP contribution is -2.14. The number of ether oxygens (including phenoxy) is 2. The Morgan fingerprint density at radius 1 is 1.25 bits per heavy atom.